The first-order valence-corrected chi connectivity index (χ1v) is 11.9. The number of hydrogen-bond acceptors (Lipinski definition) is 8. The molecule has 0 aliphatic carbocycles. The summed E-state index contributed by atoms with van der Waals surface area (Å²) in [5, 5.41) is 12.0. The zero-order chi connectivity index (χ0) is 24.0. The fourth-order valence-corrected chi connectivity index (χ4v) is 6.53. The molecule has 2 aliphatic heterocycles. The molecular formula is C21H19ClFN5O4S. The number of nitrogens with one attached hydrogen (secondary N) is 1. The molecule has 1 aromatic heterocycles. The summed E-state index contributed by atoms with van der Waals surface area (Å²) in [6.07, 6.45) is 1.41. The summed E-state index contributed by atoms with van der Waals surface area (Å²) in [6.45, 7) is 1.62. The number of halogens is 2. The van der Waals surface area contributed by atoms with Crippen LogP contribution in [0.2, 0.25) is 5.02 Å². The number of benzene rings is 1. The molecule has 3 heterocycles. The number of pyridine rings is 1. The molecule has 33 heavy (non-hydrogen) atoms. The van der Waals surface area contributed by atoms with E-state index in [0.29, 0.717) is 0 Å². The summed E-state index contributed by atoms with van der Waals surface area (Å²) in [5.41, 5.74) is 4.50. The first kappa shape index (κ1) is 23.1. The minimum absolute atomic E-state index is 0.0332. The van der Waals surface area contributed by atoms with Crippen LogP contribution in [0.25, 0.3) is 0 Å². The van der Waals surface area contributed by atoms with E-state index < -0.39 is 37.6 Å². The number of carbonyl (C=O) groups excluding carboxylic acids is 1. The first-order chi connectivity index (χ1) is 15.5. The van der Waals surface area contributed by atoms with Crippen LogP contribution in [-0.4, -0.2) is 48.9 Å². The molecule has 1 spiro atoms. The molecule has 1 saturated heterocycles. The van der Waals surface area contributed by atoms with E-state index in [0.717, 1.165) is 6.07 Å². The van der Waals surface area contributed by atoms with Crippen LogP contribution in [0.4, 0.5) is 10.1 Å². The normalized spacial score (nSPS) is 25.9. The summed E-state index contributed by atoms with van der Waals surface area (Å²) in [5.74, 6) is -2.02. The molecule has 9 nitrogen and oxygen atoms in total. The van der Waals surface area contributed by atoms with Crippen molar-refractivity contribution < 1.29 is 22.3 Å². The Bertz CT molecular complexity index is 1330. The van der Waals surface area contributed by atoms with Crippen LogP contribution in [0.15, 0.2) is 35.5 Å². The zero-order valence-electron chi connectivity index (χ0n) is 17.4. The lowest BCUT2D eigenvalue weighted by Crippen LogP contribution is -2.58. The van der Waals surface area contributed by atoms with Crippen LogP contribution in [0.1, 0.15) is 35.0 Å². The number of aromatic nitrogens is 1. The Hall–Kier alpha value is -3.07. The summed E-state index contributed by atoms with van der Waals surface area (Å²) < 4.78 is 45.1. The van der Waals surface area contributed by atoms with E-state index >= 15 is 0 Å². The highest BCUT2D eigenvalue weighted by Gasteiger charge is 2.57. The third-order valence-electron chi connectivity index (χ3n) is 5.88. The number of aliphatic imine (C=N–C) groups is 1. The van der Waals surface area contributed by atoms with Crippen LogP contribution < -0.4 is 11.1 Å². The van der Waals surface area contributed by atoms with Gasteiger partial charge in [0.1, 0.15) is 29.0 Å². The van der Waals surface area contributed by atoms with Crippen molar-refractivity contribution in [3.63, 3.8) is 0 Å². The van der Waals surface area contributed by atoms with Gasteiger partial charge in [-0.25, -0.2) is 17.8 Å². The van der Waals surface area contributed by atoms with Gasteiger partial charge < -0.3 is 15.8 Å². The van der Waals surface area contributed by atoms with Gasteiger partial charge in [0.25, 0.3) is 5.91 Å². The van der Waals surface area contributed by atoms with E-state index in [1.165, 1.54) is 31.3 Å². The standard InChI is InChI=1S/C21H19ClFN5O4S/c1-20(11-33(30,31)21(19(25)28-20)4-5-32-10-21)15-7-14(2-3-16(15)23)27-18(29)17-12(8-24)6-13(22)9-26-17/h2-3,6-7,9H,4-5,10-11H2,1H3,(H2,25,28)(H,27,29)/t20-,21?/m0/s1. The number of carbonyl (C=O) groups is 1. The van der Waals surface area contributed by atoms with E-state index in [4.69, 9.17) is 22.1 Å². The number of hydrogen-bond donors (Lipinski definition) is 2. The van der Waals surface area contributed by atoms with Gasteiger partial charge in [-0.2, -0.15) is 5.26 Å². The Morgan fingerprint density at radius 1 is 1.39 bits per heavy atom. The molecule has 2 aliphatic rings. The lowest BCUT2D eigenvalue weighted by Gasteiger charge is -2.39. The Morgan fingerprint density at radius 2 is 2.15 bits per heavy atom. The Balaban J connectivity index is 1.71. The number of nitrogens with two attached hydrogens (primary N) is 1. The van der Waals surface area contributed by atoms with Gasteiger partial charge >= 0.3 is 0 Å². The number of sulfone groups is 1. The maximum Gasteiger partial charge on any atom is 0.275 e. The van der Waals surface area contributed by atoms with Crippen LogP contribution in [0.5, 0.6) is 0 Å². The van der Waals surface area contributed by atoms with E-state index in [1.807, 2.05) is 6.07 Å². The van der Waals surface area contributed by atoms with Gasteiger partial charge in [-0.15, -0.1) is 0 Å². The largest absolute Gasteiger partial charge is 0.386 e. The summed E-state index contributed by atoms with van der Waals surface area (Å²) in [7, 11) is -3.83. The predicted molar refractivity (Wildman–Crippen MR) is 119 cm³/mol. The molecule has 2 aromatic rings. The monoisotopic (exact) mass is 491 g/mol. The number of ether oxygens (including phenoxy) is 1. The van der Waals surface area contributed by atoms with Gasteiger partial charge in [-0.1, -0.05) is 11.6 Å². The van der Waals surface area contributed by atoms with Gasteiger partial charge in [0.2, 0.25) is 0 Å². The molecule has 12 heteroatoms. The molecular weight excluding hydrogens is 473 g/mol. The topological polar surface area (TPSA) is 148 Å². The van der Waals surface area contributed by atoms with Crippen molar-refractivity contribution in [1.82, 2.24) is 4.98 Å². The molecule has 0 bridgehead atoms. The Labute approximate surface area is 194 Å². The number of amides is 1. The van der Waals surface area contributed by atoms with Crippen molar-refractivity contribution in [2.24, 2.45) is 10.7 Å². The molecule has 0 saturated carbocycles. The third-order valence-corrected chi connectivity index (χ3v) is 8.75. The van der Waals surface area contributed by atoms with Crippen molar-refractivity contribution in [3.8, 4) is 6.07 Å². The number of anilines is 1. The molecule has 1 unspecified atom stereocenters. The van der Waals surface area contributed by atoms with E-state index in [2.05, 4.69) is 15.3 Å². The van der Waals surface area contributed by atoms with E-state index in [-0.39, 0.29) is 53.0 Å². The number of amidine groups is 1. The summed E-state index contributed by atoms with van der Waals surface area (Å²) in [4.78, 5) is 21.0. The second-order valence-electron chi connectivity index (χ2n) is 8.14. The maximum absolute atomic E-state index is 14.9. The van der Waals surface area contributed by atoms with E-state index in [1.54, 1.807) is 0 Å². The molecule has 172 valence electrons. The molecule has 1 aromatic carbocycles. The average molecular weight is 492 g/mol. The Kier molecular flexibility index (Phi) is 5.64. The first-order valence-electron chi connectivity index (χ1n) is 9.84. The van der Waals surface area contributed by atoms with E-state index in [9.17, 15) is 22.9 Å². The van der Waals surface area contributed by atoms with Crippen molar-refractivity contribution >= 4 is 38.9 Å². The van der Waals surface area contributed by atoms with Gasteiger partial charge in [-0.05, 0) is 37.6 Å². The van der Waals surface area contributed by atoms with Crippen LogP contribution in [-0.2, 0) is 20.1 Å². The molecule has 2 atom stereocenters. The van der Waals surface area contributed by atoms with Crippen LogP contribution in [0, 0.1) is 17.1 Å². The smallest absolute Gasteiger partial charge is 0.275 e. The second-order valence-corrected chi connectivity index (χ2v) is 10.9. The number of nitrogens with zero attached hydrogens (tertiary/aromatic N) is 3. The maximum atomic E-state index is 14.9. The number of rotatable bonds is 3. The highest BCUT2D eigenvalue weighted by molar-refractivity contribution is 7.93. The fraction of sp³-hybridized carbons (Fsp3) is 0.333. The zero-order valence-corrected chi connectivity index (χ0v) is 19.0. The van der Waals surface area contributed by atoms with Gasteiger partial charge in [0.15, 0.2) is 14.6 Å². The van der Waals surface area contributed by atoms with Gasteiger partial charge in [0, 0.05) is 24.1 Å². The van der Waals surface area contributed by atoms with Crippen molar-refractivity contribution in [1.29, 1.82) is 5.26 Å². The van der Waals surface area contributed by atoms with Crippen molar-refractivity contribution in [2.45, 2.75) is 23.6 Å². The second kappa shape index (κ2) is 8.06. The molecule has 0 radical (unpaired) electrons. The highest BCUT2D eigenvalue weighted by Crippen LogP contribution is 2.41. The third kappa shape index (κ3) is 3.84. The Morgan fingerprint density at radius 3 is 2.79 bits per heavy atom. The number of nitriles is 1. The lowest BCUT2D eigenvalue weighted by atomic mass is 9.92. The predicted octanol–water partition coefficient (Wildman–Crippen LogP) is 2.16. The fourth-order valence-electron chi connectivity index (χ4n) is 4.11. The molecule has 4 rings (SSSR count). The van der Waals surface area contributed by atoms with Gasteiger partial charge in [-0.3, -0.25) is 9.79 Å². The molecule has 1 amide bonds. The SMILES string of the molecule is C[C@@]1(c2cc(NC(=O)c3ncc(Cl)cc3C#N)ccc2F)CS(=O)(=O)C2(CCOC2)C(N)=N1. The highest BCUT2D eigenvalue weighted by atomic mass is 35.5. The lowest BCUT2D eigenvalue weighted by molar-refractivity contribution is 0.102. The average Bonchev–Trinajstić information content (AvgIpc) is 3.25. The molecule has 3 N–H and O–H groups in total. The summed E-state index contributed by atoms with van der Waals surface area (Å²) in [6, 6.07) is 6.84. The minimum Gasteiger partial charge on any atom is -0.386 e. The van der Waals surface area contributed by atoms with Crippen LogP contribution in [0.3, 0.4) is 0 Å². The van der Waals surface area contributed by atoms with Crippen LogP contribution >= 0.6 is 11.6 Å². The van der Waals surface area contributed by atoms with Gasteiger partial charge in [0.05, 0.1) is 22.9 Å². The quantitative estimate of drug-likeness (QED) is 0.668. The van der Waals surface area contributed by atoms with Crippen molar-refractivity contribution in [2.75, 3.05) is 24.3 Å². The summed E-state index contributed by atoms with van der Waals surface area (Å²) >= 11 is 5.81. The minimum atomic E-state index is -3.83. The van der Waals surface area contributed by atoms with Crippen molar-refractivity contribution in [3.05, 3.63) is 58.1 Å². The molecule has 1 fully saturated rings.